The quantitative estimate of drug-likeness (QED) is 0.822. The van der Waals surface area contributed by atoms with E-state index in [0.717, 1.165) is 17.7 Å². The second kappa shape index (κ2) is 4.13. The number of aromatic nitrogens is 1. The normalized spacial score (nSPS) is 10.6. The first-order chi connectivity index (χ1) is 7.99. The molecule has 0 amide bonds. The van der Waals surface area contributed by atoms with Crippen molar-refractivity contribution in [1.82, 2.24) is 4.98 Å². The number of anilines is 1. The van der Waals surface area contributed by atoms with Gasteiger partial charge in [0.25, 0.3) is 0 Å². The second-order valence-electron chi connectivity index (χ2n) is 4.01. The molecule has 2 aromatic rings. The van der Waals surface area contributed by atoms with Crippen molar-refractivity contribution in [3.8, 4) is 11.3 Å². The molecule has 0 bridgehead atoms. The van der Waals surface area contributed by atoms with Crippen LogP contribution < -0.4 is 5.73 Å². The first-order valence-corrected chi connectivity index (χ1v) is 5.17. The molecular weight excluding hydrogens is 222 g/mol. The first kappa shape index (κ1) is 11.5. The third-order valence-electron chi connectivity index (χ3n) is 2.68. The van der Waals surface area contributed by atoms with Gasteiger partial charge in [0.15, 0.2) is 0 Å². The molecule has 0 unspecified atom stereocenters. The van der Waals surface area contributed by atoms with Crippen LogP contribution in [0.25, 0.3) is 11.3 Å². The molecule has 1 heterocycles. The maximum Gasteiger partial charge on any atom is 0.133 e. The summed E-state index contributed by atoms with van der Waals surface area (Å²) in [7, 11) is 0. The fourth-order valence-corrected chi connectivity index (χ4v) is 1.56. The summed E-state index contributed by atoms with van der Waals surface area (Å²) in [6.45, 7) is 3.31. The lowest BCUT2D eigenvalue weighted by molar-refractivity contribution is 0.595. The van der Waals surface area contributed by atoms with Crippen LogP contribution in [0, 0.1) is 25.5 Å². The number of nitrogen functional groups attached to an aromatic ring is 1. The molecule has 0 saturated heterocycles. The van der Waals surface area contributed by atoms with Crippen molar-refractivity contribution in [3.05, 3.63) is 47.2 Å². The van der Waals surface area contributed by atoms with Gasteiger partial charge in [0.05, 0.1) is 17.6 Å². The highest BCUT2D eigenvalue weighted by molar-refractivity contribution is 5.64. The van der Waals surface area contributed by atoms with E-state index in [9.17, 15) is 8.78 Å². The van der Waals surface area contributed by atoms with Crippen molar-refractivity contribution < 1.29 is 8.78 Å². The molecule has 0 saturated carbocycles. The van der Waals surface area contributed by atoms with Crippen LogP contribution in [0.1, 0.15) is 11.1 Å². The van der Waals surface area contributed by atoms with E-state index in [0.29, 0.717) is 11.4 Å². The van der Waals surface area contributed by atoms with Crippen molar-refractivity contribution >= 4 is 5.69 Å². The second-order valence-corrected chi connectivity index (χ2v) is 4.01. The van der Waals surface area contributed by atoms with Gasteiger partial charge in [-0.15, -0.1) is 0 Å². The number of nitrogens with zero attached hydrogens (tertiary/aromatic N) is 1. The fraction of sp³-hybridized carbons (Fsp3) is 0.154. The van der Waals surface area contributed by atoms with Gasteiger partial charge in [-0.1, -0.05) is 0 Å². The Hall–Kier alpha value is -1.97. The lowest BCUT2D eigenvalue weighted by Gasteiger charge is -2.07. The SMILES string of the molecule is Cc1cc(-c2cc(F)c(C)cc2F)ncc1N. The van der Waals surface area contributed by atoms with Crippen LogP contribution in [0.5, 0.6) is 0 Å². The Labute approximate surface area is 98.1 Å². The van der Waals surface area contributed by atoms with Gasteiger partial charge in [0.2, 0.25) is 0 Å². The standard InChI is InChI=1S/C13H12F2N2/c1-7-3-11(15)9(5-10(7)14)13-4-8(2)12(16)6-17-13/h3-6H,16H2,1-2H3. The highest BCUT2D eigenvalue weighted by atomic mass is 19.1. The van der Waals surface area contributed by atoms with Crippen LogP contribution in [0.15, 0.2) is 24.4 Å². The molecule has 0 aliphatic carbocycles. The van der Waals surface area contributed by atoms with Gasteiger partial charge in [-0.3, -0.25) is 4.98 Å². The van der Waals surface area contributed by atoms with Crippen LogP contribution in [0.3, 0.4) is 0 Å². The van der Waals surface area contributed by atoms with Gasteiger partial charge in [0, 0.05) is 5.56 Å². The zero-order chi connectivity index (χ0) is 12.6. The third-order valence-corrected chi connectivity index (χ3v) is 2.68. The Balaban J connectivity index is 2.60. The zero-order valence-electron chi connectivity index (χ0n) is 9.59. The molecule has 4 heteroatoms. The van der Waals surface area contributed by atoms with Gasteiger partial charge in [0.1, 0.15) is 11.6 Å². The monoisotopic (exact) mass is 234 g/mol. The largest absolute Gasteiger partial charge is 0.397 e. The highest BCUT2D eigenvalue weighted by Gasteiger charge is 2.11. The summed E-state index contributed by atoms with van der Waals surface area (Å²) in [5.74, 6) is -0.932. The molecule has 2 rings (SSSR count). The third kappa shape index (κ3) is 2.11. The maximum absolute atomic E-state index is 13.7. The minimum absolute atomic E-state index is 0.149. The number of nitrogens with two attached hydrogens (primary N) is 1. The van der Waals surface area contributed by atoms with Crippen LogP contribution in [-0.4, -0.2) is 4.98 Å². The highest BCUT2D eigenvalue weighted by Crippen LogP contribution is 2.25. The van der Waals surface area contributed by atoms with Crippen molar-refractivity contribution in [3.63, 3.8) is 0 Å². The lowest BCUT2D eigenvalue weighted by Crippen LogP contribution is -1.96. The summed E-state index contributed by atoms with van der Waals surface area (Å²) in [4.78, 5) is 4.01. The van der Waals surface area contributed by atoms with Gasteiger partial charge in [-0.2, -0.15) is 0 Å². The van der Waals surface area contributed by atoms with Crippen molar-refractivity contribution in [2.75, 3.05) is 5.73 Å². The van der Waals surface area contributed by atoms with Crippen LogP contribution in [0.2, 0.25) is 0 Å². The van der Waals surface area contributed by atoms with E-state index in [1.807, 2.05) is 0 Å². The summed E-state index contributed by atoms with van der Waals surface area (Å²) < 4.78 is 27.1. The molecule has 1 aromatic carbocycles. The molecule has 0 spiro atoms. The molecule has 2 nitrogen and oxygen atoms in total. The van der Waals surface area contributed by atoms with Gasteiger partial charge in [-0.05, 0) is 43.2 Å². The number of rotatable bonds is 1. The van der Waals surface area contributed by atoms with Crippen molar-refractivity contribution in [2.45, 2.75) is 13.8 Å². The summed E-state index contributed by atoms with van der Waals surface area (Å²) in [6.07, 6.45) is 1.45. The number of hydrogen-bond acceptors (Lipinski definition) is 2. The Morgan fingerprint density at radius 2 is 1.71 bits per heavy atom. The zero-order valence-corrected chi connectivity index (χ0v) is 9.59. The van der Waals surface area contributed by atoms with E-state index in [1.54, 1.807) is 13.0 Å². The van der Waals surface area contributed by atoms with Gasteiger partial charge in [-0.25, -0.2) is 8.78 Å². The molecule has 2 N–H and O–H groups in total. The molecule has 0 atom stereocenters. The predicted molar refractivity (Wildman–Crippen MR) is 63.5 cm³/mol. The lowest BCUT2D eigenvalue weighted by atomic mass is 10.1. The van der Waals surface area contributed by atoms with E-state index in [2.05, 4.69) is 4.98 Å². The van der Waals surface area contributed by atoms with E-state index in [1.165, 1.54) is 13.1 Å². The fourth-order valence-electron chi connectivity index (χ4n) is 1.56. The molecule has 0 fully saturated rings. The average molecular weight is 234 g/mol. The summed E-state index contributed by atoms with van der Waals surface area (Å²) in [5, 5.41) is 0. The van der Waals surface area contributed by atoms with Gasteiger partial charge < -0.3 is 5.73 Å². The van der Waals surface area contributed by atoms with Gasteiger partial charge >= 0.3 is 0 Å². The van der Waals surface area contributed by atoms with E-state index in [-0.39, 0.29) is 11.1 Å². The minimum atomic E-state index is -0.486. The van der Waals surface area contributed by atoms with Crippen molar-refractivity contribution in [2.24, 2.45) is 0 Å². The van der Waals surface area contributed by atoms with Crippen molar-refractivity contribution in [1.29, 1.82) is 0 Å². The van der Waals surface area contributed by atoms with E-state index in [4.69, 9.17) is 5.73 Å². The number of pyridine rings is 1. The van der Waals surface area contributed by atoms with Crippen LogP contribution >= 0.6 is 0 Å². The first-order valence-electron chi connectivity index (χ1n) is 5.17. The Kier molecular flexibility index (Phi) is 2.79. The van der Waals surface area contributed by atoms with Crippen LogP contribution in [0.4, 0.5) is 14.5 Å². The number of hydrogen-bond donors (Lipinski definition) is 1. The molecule has 0 aliphatic heterocycles. The molecular formula is C13H12F2N2. The molecule has 0 radical (unpaired) electrons. The average Bonchev–Trinajstić information content (AvgIpc) is 2.27. The topological polar surface area (TPSA) is 38.9 Å². The molecule has 17 heavy (non-hydrogen) atoms. The number of aryl methyl sites for hydroxylation is 2. The van der Waals surface area contributed by atoms with E-state index < -0.39 is 11.6 Å². The Bertz CT molecular complexity index is 580. The summed E-state index contributed by atoms with van der Waals surface area (Å²) >= 11 is 0. The number of benzene rings is 1. The summed E-state index contributed by atoms with van der Waals surface area (Å²) in [6, 6.07) is 3.96. The predicted octanol–water partition coefficient (Wildman–Crippen LogP) is 3.23. The minimum Gasteiger partial charge on any atom is -0.397 e. The number of halogens is 2. The summed E-state index contributed by atoms with van der Waals surface area (Å²) in [5.41, 5.74) is 7.75. The van der Waals surface area contributed by atoms with E-state index >= 15 is 0 Å². The molecule has 88 valence electrons. The smallest absolute Gasteiger partial charge is 0.133 e. The Morgan fingerprint density at radius 1 is 1.00 bits per heavy atom. The van der Waals surface area contributed by atoms with Crippen LogP contribution in [-0.2, 0) is 0 Å². The Morgan fingerprint density at radius 3 is 2.35 bits per heavy atom. The molecule has 0 aliphatic rings. The maximum atomic E-state index is 13.7. The molecule has 1 aromatic heterocycles.